The van der Waals surface area contributed by atoms with Gasteiger partial charge in [0.25, 0.3) is 0 Å². The Morgan fingerprint density at radius 2 is 0.914 bits per heavy atom. The molecule has 0 saturated heterocycles. The van der Waals surface area contributed by atoms with Crippen molar-refractivity contribution in [1.29, 1.82) is 0 Å². The zero-order valence-corrected chi connectivity index (χ0v) is 20.1. The summed E-state index contributed by atoms with van der Waals surface area (Å²) in [5.74, 6) is 0. The van der Waals surface area contributed by atoms with Crippen LogP contribution in [0.1, 0.15) is 47.9 Å². The lowest BCUT2D eigenvalue weighted by molar-refractivity contribution is 0.437. The molecule has 0 heteroatoms. The molecule has 0 spiro atoms. The summed E-state index contributed by atoms with van der Waals surface area (Å²) in [7, 11) is 0. The Kier molecular flexibility index (Phi) is 4.87. The van der Waals surface area contributed by atoms with Gasteiger partial charge < -0.3 is 0 Å². The van der Waals surface area contributed by atoms with Gasteiger partial charge in [-0.1, -0.05) is 133 Å². The van der Waals surface area contributed by atoms with Crippen LogP contribution in [0.5, 0.6) is 0 Å². The lowest BCUT2D eigenvalue weighted by atomic mass is 9.71. The number of hydrogen-bond donors (Lipinski definition) is 0. The molecule has 170 valence electrons. The van der Waals surface area contributed by atoms with Gasteiger partial charge in [0.15, 0.2) is 0 Å². The summed E-state index contributed by atoms with van der Waals surface area (Å²) in [6.07, 6.45) is 12.6. The molecule has 3 aliphatic rings. The minimum Gasteiger partial charge on any atom is -0.0622 e. The summed E-state index contributed by atoms with van der Waals surface area (Å²) >= 11 is 0. The molecule has 3 aliphatic carbocycles. The van der Waals surface area contributed by atoms with E-state index in [1.54, 1.807) is 11.1 Å². The Hall–Kier alpha value is -3.64. The Morgan fingerprint density at radius 3 is 1.37 bits per heavy atom. The van der Waals surface area contributed by atoms with Gasteiger partial charge in [0.1, 0.15) is 0 Å². The number of rotatable bonds is 4. The smallest absolute Gasteiger partial charge is 0.0134 e. The first-order chi connectivity index (χ1) is 17.3. The van der Waals surface area contributed by atoms with Crippen LogP contribution in [-0.2, 0) is 12.8 Å². The van der Waals surface area contributed by atoms with Crippen molar-refractivity contribution in [3.63, 3.8) is 0 Å². The molecule has 0 radical (unpaired) electrons. The van der Waals surface area contributed by atoms with Crippen LogP contribution in [0.2, 0.25) is 0 Å². The van der Waals surface area contributed by atoms with Crippen LogP contribution in [0, 0.1) is 5.41 Å². The number of benzene rings is 4. The van der Waals surface area contributed by atoms with Crippen molar-refractivity contribution in [2.45, 2.75) is 38.5 Å². The standard InChI is InChI=1S/C35H30/c1-3-11-25(12-4-1)31-17-9-15-27-21-29(23-33(27)31)35(19-7-8-20-35)30-22-28-16-10-18-32(34(28)24-30)26-13-5-2-6-14-26/h1-6,9-18,23-24H,7-8,19-22H2. The average Bonchev–Trinajstić information content (AvgIpc) is 3.67. The highest BCUT2D eigenvalue weighted by molar-refractivity contribution is 5.84. The molecule has 4 aromatic rings. The Labute approximate surface area is 208 Å². The monoisotopic (exact) mass is 450 g/mol. The number of fused-ring (bicyclic) bond motifs is 2. The summed E-state index contributed by atoms with van der Waals surface area (Å²) in [6.45, 7) is 0. The van der Waals surface area contributed by atoms with Crippen LogP contribution in [0.3, 0.4) is 0 Å². The van der Waals surface area contributed by atoms with Gasteiger partial charge in [-0.05, 0) is 70.2 Å². The first kappa shape index (κ1) is 20.7. The van der Waals surface area contributed by atoms with Gasteiger partial charge in [-0.3, -0.25) is 0 Å². The van der Waals surface area contributed by atoms with Crippen molar-refractivity contribution in [3.8, 4) is 22.3 Å². The third kappa shape index (κ3) is 3.35. The van der Waals surface area contributed by atoms with Gasteiger partial charge in [-0.25, -0.2) is 0 Å². The zero-order chi connectivity index (χ0) is 23.2. The fourth-order valence-corrected chi connectivity index (χ4v) is 6.92. The van der Waals surface area contributed by atoms with Gasteiger partial charge in [0, 0.05) is 5.41 Å². The normalized spacial score (nSPS) is 17.6. The second-order valence-electron chi connectivity index (χ2n) is 10.5. The van der Waals surface area contributed by atoms with Gasteiger partial charge >= 0.3 is 0 Å². The Balaban J connectivity index is 1.32. The number of hydrogen-bond acceptors (Lipinski definition) is 0. The summed E-state index contributed by atoms with van der Waals surface area (Å²) < 4.78 is 0. The van der Waals surface area contributed by atoms with Crippen LogP contribution in [0.15, 0.2) is 108 Å². The van der Waals surface area contributed by atoms with E-state index >= 15 is 0 Å². The summed E-state index contributed by atoms with van der Waals surface area (Å²) in [5.41, 5.74) is 14.8. The highest BCUT2D eigenvalue weighted by Gasteiger charge is 2.43. The van der Waals surface area contributed by atoms with Crippen molar-refractivity contribution in [2.24, 2.45) is 5.41 Å². The first-order valence-corrected chi connectivity index (χ1v) is 13.1. The third-order valence-corrected chi connectivity index (χ3v) is 8.65. The van der Waals surface area contributed by atoms with E-state index in [9.17, 15) is 0 Å². The van der Waals surface area contributed by atoms with Crippen molar-refractivity contribution in [3.05, 3.63) is 130 Å². The maximum Gasteiger partial charge on any atom is 0.0134 e. The van der Waals surface area contributed by atoms with Gasteiger partial charge in [0.2, 0.25) is 0 Å². The molecular formula is C35H30. The first-order valence-electron chi connectivity index (χ1n) is 13.1. The molecule has 0 unspecified atom stereocenters. The summed E-state index contributed by atoms with van der Waals surface area (Å²) in [4.78, 5) is 0. The quantitative estimate of drug-likeness (QED) is 0.291. The number of allylic oxidation sites excluding steroid dienone is 2. The molecule has 0 bridgehead atoms. The molecule has 1 fully saturated rings. The Morgan fingerprint density at radius 1 is 0.457 bits per heavy atom. The van der Waals surface area contributed by atoms with Crippen molar-refractivity contribution in [1.82, 2.24) is 0 Å². The second-order valence-corrected chi connectivity index (χ2v) is 10.5. The van der Waals surface area contributed by atoms with E-state index in [4.69, 9.17) is 0 Å². The largest absolute Gasteiger partial charge is 0.0622 e. The van der Waals surface area contributed by atoms with E-state index in [1.165, 1.54) is 70.2 Å². The summed E-state index contributed by atoms with van der Waals surface area (Å²) in [6, 6.07) is 35.6. The molecule has 0 aliphatic heterocycles. The molecule has 1 saturated carbocycles. The average molecular weight is 451 g/mol. The topological polar surface area (TPSA) is 0 Å². The zero-order valence-electron chi connectivity index (χ0n) is 20.1. The van der Waals surface area contributed by atoms with Crippen molar-refractivity contribution >= 4 is 12.2 Å². The van der Waals surface area contributed by atoms with Crippen LogP contribution in [0.4, 0.5) is 0 Å². The van der Waals surface area contributed by atoms with E-state index in [2.05, 4.69) is 109 Å². The van der Waals surface area contributed by atoms with E-state index in [0.717, 1.165) is 12.8 Å². The Bertz CT molecular complexity index is 1350. The van der Waals surface area contributed by atoms with E-state index in [0.29, 0.717) is 0 Å². The molecule has 0 amide bonds. The maximum absolute atomic E-state index is 2.57. The minimum atomic E-state index is 0.208. The van der Waals surface area contributed by atoms with Crippen LogP contribution >= 0.6 is 0 Å². The lowest BCUT2D eigenvalue weighted by Gasteiger charge is -2.33. The molecule has 7 rings (SSSR count). The van der Waals surface area contributed by atoms with Crippen LogP contribution in [0.25, 0.3) is 34.4 Å². The maximum atomic E-state index is 2.57. The molecule has 35 heavy (non-hydrogen) atoms. The third-order valence-electron chi connectivity index (χ3n) is 8.65. The van der Waals surface area contributed by atoms with Crippen molar-refractivity contribution in [2.75, 3.05) is 0 Å². The predicted molar refractivity (Wildman–Crippen MR) is 148 cm³/mol. The van der Waals surface area contributed by atoms with E-state index in [1.807, 2.05) is 0 Å². The molecule has 0 aromatic heterocycles. The van der Waals surface area contributed by atoms with Gasteiger partial charge in [-0.2, -0.15) is 0 Å². The fraction of sp³-hybridized carbons (Fsp3) is 0.200. The highest BCUT2D eigenvalue weighted by Crippen LogP contribution is 2.56. The molecular weight excluding hydrogens is 420 g/mol. The predicted octanol–water partition coefficient (Wildman–Crippen LogP) is 9.16. The lowest BCUT2D eigenvalue weighted by Crippen LogP contribution is -2.22. The SMILES string of the molecule is C1=C(C2(C3=Cc4c(cccc4-c4ccccc4)C3)CCCC2)Cc2cccc(-c3ccccc3)c21. The molecule has 0 heterocycles. The molecule has 0 N–H and O–H groups in total. The molecule has 0 nitrogen and oxygen atoms in total. The van der Waals surface area contributed by atoms with Crippen molar-refractivity contribution < 1.29 is 0 Å². The minimum absolute atomic E-state index is 0.208. The van der Waals surface area contributed by atoms with E-state index < -0.39 is 0 Å². The van der Waals surface area contributed by atoms with Gasteiger partial charge in [-0.15, -0.1) is 0 Å². The van der Waals surface area contributed by atoms with Gasteiger partial charge in [0.05, 0.1) is 0 Å². The molecule has 4 aromatic carbocycles. The summed E-state index contributed by atoms with van der Waals surface area (Å²) in [5, 5.41) is 0. The fourth-order valence-electron chi connectivity index (χ4n) is 6.92. The second kappa shape index (κ2) is 8.24. The van der Waals surface area contributed by atoms with Crippen LogP contribution in [-0.4, -0.2) is 0 Å². The van der Waals surface area contributed by atoms with E-state index in [-0.39, 0.29) is 5.41 Å². The molecule has 0 atom stereocenters. The highest BCUT2D eigenvalue weighted by atomic mass is 14.5. The van der Waals surface area contributed by atoms with Crippen LogP contribution < -0.4 is 0 Å².